The summed E-state index contributed by atoms with van der Waals surface area (Å²) in [5, 5.41) is 8.43. The van der Waals surface area contributed by atoms with Crippen LogP contribution in [0.15, 0.2) is 48.5 Å². The van der Waals surface area contributed by atoms with Crippen molar-refractivity contribution in [3.05, 3.63) is 70.2 Å². The van der Waals surface area contributed by atoms with Gasteiger partial charge in [0, 0.05) is 88.2 Å². The van der Waals surface area contributed by atoms with E-state index in [4.69, 9.17) is 16.3 Å². The van der Waals surface area contributed by atoms with E-state index >= 15 is 4.79 Å². The molecule has 3 N–H and O–H groups in total. The Balaban J connectivity index is 1.14. The Bertz CT molecular complexity index is 3010. The summed E-state index contributed by atoms with van der Waals surface area (Å²) < 4.78 is 47.5. The summed E-state index contributed by atoms with van der Waals surface area (Å²) in [6, 6.07) is 7.36. The van der Waals surface area contributed by atoms with Crippen molar-refractivity contribution in [2.24, 2.45) is 17.8 Å². The highest BCUT2D eigenvalue weighted by molar-refractivity contribution is 6.31. The number of carbonyl (C=O) groups excluding carboxylic acids is 10. The van der Waals surface area contributed by atoms with Gasteiger partial charge in [-0.05, 0) is 98.8 Å². The largest absolute Gasteiger partial charge is 0.417 e. The lowest BCUT2D eigenvalue weighted by Gasteiger charge is -2.38. The predicted molar refractivity (Wildman–Crippen MR) is 351 cm³/mol. The van der Waals surface area contributed by atoms with Gasteiger partial charge in [0.1, 0.15) is 36.5 Å². The van der Waals surface area contributed by atoms with Crippen LogP contribution in [0.25, 0.3) is 0 Å². The van der Waals surface area contributed by atoms with Crippen molar-refractivity contribution in [2.75, 3.05) is 88.6 Å². The summed E-state index contributed by atoms with van der Waals surface area (Å²) in [5.41, 5.74) is 0.272. The zero-order valence-electron chi connectivity index (χ0n) is 56.9. The average molecular weight is 1350 g/mol. The SMILES string of the molecule is CCC(C)C1NC(=O)CCN(C)C(=O)[C@@H](Cc2ccccc2)N(C)C(=O)[C@H](C2CCCC2)N(C)C(=O)CCCCNC(=O)[C@@H]2CCCN2C2OC2[C@H](CCc2ccc(C(F)(F)F)c(Cl)c2)NC(=O)CN(C)C(=O)[C@H](CC2CCCCC2)N(C)C(=O)CN(C)C(=O)CN(C)C1=O. The Morgan fingerprint density at radius 1 is 0.611 bits per heavy atom. The number of fused-ring (bicyclic) bond motifs is 3. The fourth-order valence-electron chi connectivity index (χ4n) is 14.0. The number of nitrogens with zero attached hydrogens (tertiary/aromatic N) is 8. The summed E-state index contributed by atoms with van der Waals surface area (Å²) >= 11 is 6.14. The quantitative estimate of drug-likeness (QED) is 0.235. The summed E-state index contributed by atoms with van der Waals surface area (Å²) in [6.07, 6.45) is 4.92. The third-order valence-electron chi connectivity index (χ3n) is 20.2. The Morgan fingerprint density at radius 3 is 1.93 bits per heavy atom. The molecule has 3 saturated heterocycles. The number of ether oxygens (including phenoxy) is 1. The number of alkyl halides is 3. The van der Waals surface area contributed by atoms with Crippen molar-refractivity contribution < 1.29 is 65.9 Å². The maximum atomic E-state index is 15.0. The lowest BCUT2D eigenvalue weighted by Crippen LogP contribution is -2.57. The van der Waals surface area contributed by atoms with E-state index in [2.05, 4.69) is 16.0 Å². The smallest absolute Gasteiger partial charge is 0.355 e. The molecule has 0 radical (unpaired) electrons. The first-order valence-electron chi connectivity index (χ1n) is 34.0. The number of halogens is 4. The van der Waals surface area contributed by atoms with E-state index < -0.39 is 132 Å². The first-order valence-corrected chi connectivity index (χ1v) is 34.4. The maximum Gasteiger partial charge on any atom is 0.417 e. The van der Waals surface area contributed by atoms with Gasteiger partial charge in [-0.1, -0.05) is 113 Å². The van der Waals surface area contributed by atoms with Crippen LogP contribution in [0.3, 0.4) is 0 Å². The van der Waals surface area contributed by atoms with Gasteiger partial charge in [-0.3, -0.25) is 52.8 Å². The van der Waals surface area contributed by atoms with Crippen molar-refractivity contribution >= 4 is 70.7 Å². The maximum absolute atomic E-state index is 15.0. The van der Waals surface area contributed by atoms with Gasteiger partial charge in [-0.15, -0.1) is 0 Å². The Kier molecular flexibility index (Phi) is 27.7. The van der Waals surface area contributed by atoms with Gasteiger partial charge >= 0.3 is 6.18 Å². The summed E-state index contributed by atoms with van der Waals surface area (Å²) in [4.78, 5) is 154. The van der Waals surface area contributed by atoms with E-state index in [9.17, 15) is 56.3 Å². The number of aryl methyl sites for hydroxylation is 1. The van der Waals surface area contributed by atoms with Gasteiger partial charge in [0.2, 0.25) is 59.1 Å². The number of benzene rings is 2. The van der Waals surface area contributed by atoms with Gasteiger partial charge in [0.15, 0.2) is 0 Å². The monoisotopic (exact) mass is 1350 g/mol. The molecule has 2 aromatic rings. The molecule has 26 heteroatoms. The molecule has 2 saturated carbocycles. The topological polar surface area (TPSA) is 245 Å². The third-order valence-corrected chi connectivity index (χ3v) is 20.5. The number of carbonyl (C=O) groups is 10. The van der Waals surface area contributed by atoms with E-state index in [1.165, 1.54) is 69.7 Å². The molecule has 526 valence electrons. The molecule has 0 aromatic heterocycles. The molecule has 3 aliphatic heterocycles. The van der Waals surface area contributed by atoms with Crippen LogP contribution in [0, 0.1) is 17.8 Å². The number of likely N-dealkylation sites (N-methyl/N-ethyl adjacent to an activating group) is 7. The van der Waals surface area contributed by atoms with Crippen molar-refractivity contribution in [3.8, 4) is 0 Å². The Labute approximate surface area is 563 Å². The third kappa shape index (κ3) is 20.6. The highest BCUT2D eigenvalue weighted by Gasteiger charge is 2.53. The Hall–Kier alpha value is -6.86. The number of hydrogen-bond donors (Lipinski definition) is 3. The van der Waals surface area contributed by atoms with Crippen LogP contribution in [0.1, 0.15) is 146 Å². The molecular weight excluding hydrogens is 1250 g/mol. The first kappa shape index (κ1) is 75.5. The molecule has 22 nitrogen and oxygen atoms in total. The predicted octanol–water partition coefficient (Wildman–Crippen LogP) is 5.90. The molecule has 7 rings (SSSR count). The molecule has 0 spiro atoms. The van der Waals surface area contributed by atoms with Gasteiger partial charge in [-0.2, -0.15) is 13.2 Å². The van der Waals surface area contributed by atoms with Crippen molar-refractivity contribution in [1.29, 1.82) is 0 Å². The van der Waals surface area contributed by atoms with Gasteiger partial charge in [0.25, 0.3) is 0 Å². The average Bonchev–Trinajstić information content (AvgIpc) is 1.64. The highest BCUT2D eigenvalue weighted by atomic mass is 35.5. The van der Waals surface area contributed by atoms with Crippen molar-refractivity contribution in [2.45, 2.75) is 197 Å². The van der Waals surface area contributed by atoms with Crippen LogP contribution in [0.2, 0.25) is 5.02 Å². The van der Waals surface area contributed by atoms with E-state index in [-0.39, 0.29) is 74.8 Å². The molecule has 5 aliphatic rings. The fourth-order valence-corrected chi connectivity index (χ4v) is 14.3. The van der Waals surface area contributed by atoms with Crippen LogP contribution in [0.4, 0.5) is 13.2 Å². The molecule has 9 atom stereocenters. The lowest BCUT2D eigenvalue weighted by molar-refractivity contribution is -0.151. The second kappa shape index (κ2) is 34.9. The van der Waals surface area contributed by atoms with Crippen LogP contribution < -0.4 is 16.0 Å². The molecule has 95 heavy (non-hydrogen) atoms. The minimum atomic E-state index is -4.68. The minimum Gasteiger partial charge on any atom is -0.355 e. The fraction of sp³-hybridized carbons (Fsp3) is 0.681. The van der Waals surface area contributed by atoms with Gasteiger partial charge < -0.3 is 55.0 Å². The zero-order valence-corrected chi connectivity index (χ0v) is 57.7. The summed E-state index contributed by atoms with van der Waals surface area (Å²) in [5.74, 6) is -5.15. The molecule has 0 bridgehead atoms. The zero-order chi connectivity index (χ0) is 69.4. The molecule has 2 aromatic carbocycles. The van der Waals surface area contributed by atoms with Crippen molar-refractivity contribution in [1.82, 2.24) is 55.1 Å². The normalized spacial score (nSPS) is 27.1. The van der Waals surface area contributed by atoms with Gasteiger partial charge in [-0.25, -0.2) is 0 Å². The van der Waals surface area contributed by atoms with Crippen LogP contribution in [0.5, 0.6) is 0 Å². The molecule has 10 amide bonds. The standard InChI is InChI=1S/C69H101ClF3N11O11/c1-10-44(2)60-66(93)80(6)42-58(88)78(4)43-59(89)81(7)53(39-45-22-13-11-14-23-45)65(92)79(5)41-56(86)75-51(33-31-47-30-32-49(50(70)38-47)69(71,72)73)62-68(95-62)84-36-21-28-52(84)63(90)74-35-20-19-29-57(87)83(9)61(48-26-17-18-27-48)67(94)82(8)54(40-46-24-15-12-16-25-46)64(91)77(3)37-34-55(85)76-60/h12,15-16,24-25,30,32,38,44-45,48,51-54,60-62,68H,10-11,13-14,17-23,26-29,31,33-37,39-43H2,1-9H3,(H,74,90)(H,75,86)(H,76,85)/t44?,51-,52-,53-,54+,60?,61-,62?,68?/m0/s1. The second-order valence-corrected chi connectivity index (χ2v) is 27.6. The van der Waals surface area contributed by atoms with Crippen molar-refractivity contribution in [3.63, 3.8) is 0 Å². The molecule has 5 fully saturated rings. The molecule has 3 heterocycles. The summed E-state index contributed by atoms with van der Waals surface area (Å²) in [6.45, 7) is 2.94. The number of amides is 10. The van der Waals surface area contributed by atoms with E-state index in [1.54, 1.807) is 28.1 Å². The first-order chi connectivity index (χ1) is 45.1. The van der Waals surface area contributed by atoms with E-state index in [1.807, 2.05) is 42.2 Å². The van der Waals surface area contributed by atoms with Crippen LogP contribution in [-0.4, -0.2) is 235 Å². The highest BCUT2D eigenvalue weighted by Crippen LogP contribution is 2.39. The number of hydrogen-bond acceptors (Lipinski definition) is 12. The molecule has 2 aliphatic carbocycles. The Morgan fingerprint density at radius 2 is 1.26 bits per heavy atom. The second-order valence-electron chi connectivity index (χ2n) is 27.1. The number of epoxide rings is 1. The molecule has 4 unspecified atom stereocenters. The summed E-state index contributed by atoms with van der Waals surface area (Å²) in [7, 11) is 10.5. The lowest BCUT2D eigenvalue weighted by atomic mass is 9.84. The van der Waals surface area contributed by atoms with Crippen LogP contribution in [-0.2, 0) is 71.7 Å². The van der Waals surface area contributed by atoms with E-state index in [0.717, 1.165) is 61.5 Å². The number of rotatable bonds is 10. The number of nitrogens with one attached hydrogen (secondary N) is 3. The minimum absolute atomic E-state index is 0.0741. The van der Waals surface area contributed by atoms with Gasteiger partial charge in [0.05, 0.1) is 42.3 Å². The van der Waals surface area contributed by atoms with E-state index in [0.29, 0.717) is 63.5 Å². The molecular formula is C69H101ClF3N11O11. The van der Waals surface area contributed by atoms with Crippen LogP contribution >= 0.6 is 11.6 Å².